The predicted octanol–water partition coefficient (Wildman–Crippen LogP) is 3.52. The monoisotopic (exact) mass is 543 g/mol. The maximum absolute atomic E-state index is 13.3. The minimum atomic E-state index is -4.13. The summed E-state index contributed by atoms with van der Waals surface area (Å²) in [7, 11) is -0.864. The van der Waals surface area contributed by atoms with Crippen LogP contribution < -0.4 is 4.72 Å². The lowest BCUT2D eigenvalue weighted by Gasteiger charge is -2.14. The molecule has 5 rings (SSSR count). The molecule has 14 heteroatoms. The Bertz CT molecular complexity index is 1670. The van der Waals surface area contributed by atoms with E-state index in [1.54, 1.807) is 38.4 Å². The van der Waals surface area contributed by atoms with Crippen LogP contribution >= 0.6 is 11.3 Å². The number of sulfonamides is 1. The maximum Gasteiger partial charge on any atom is 0.291 e. The molecule has 0 unspecified atom stereocenters. The van der Waals surface area contributed by atoms with Crippen LogP contribution in [0.15, 0.2) is 47.5 Å². The van der Waals surface area contributed by atoms with Crippen LogP contribution in [0.1, 0.15) is 34.6 Å². The van der Waals surface area contributed by atoms with E-state index in [-0.39, 0.29) is 15.9 Å². The van der Waals surface area contributed by atoms with Crippen LogP contribution in [0.4, 0.5) is 8.78 Å². The van der Waals surface area contributed by atoms with Gasteiger partial charge in [0.1, 0.15) is 5.54 Å². The van der Waals surface area contributed by atoms with Crippen LogP contribution in [-0.2, 0) is 10.0 Å². The van der Waals surface area contributed by atoms with Crippen LogP contribution in [0.25, 0.3) is 27.2 Å². The van der Waals surface area contributed by atoms with Gasteiger partial charge >= 0.3 is 0 Å². The molecule has 0 bridgehead atoms. The van der Waals surface area contributed by atoms with Crippen LogP contribution in [0.3, 0.4) is 0 Å². The fourth-order valence-corrected chi connectivity index (χ4v) is 5.87. The van der Waals surface area contributed by atoms with E-state index in [2.05, 4.69) is 20.0 Å². The second-order valence-corrected chi connectivity index (χ2v) is 11.4. The third-order valence-electron chi connectivity index (χ3n) is 5.91. The largest absolute Gasteiger partial charge is 0.345 e. The van der Waals surface area contributed by atoms with E-state index in [9.17, 15) is 27.3 Å². The SMILES string of the molecule is CN(C)C(=O)c1ccc(-c2cc(S(=O)(=O)NC3(C#N)CC3)cc3c2cnn3-c2nnc(C(F)F)s2)cc1. The van der Waals surface area contributed by atoms with Crippen molar-refractivity contribution in [1.82, 2.24) is 29.6 Å². The minimum absolute atomic E-state index is 0.0429. The number of benzene rings is 2. The molecule has 0 atom stereocenters. The Kier molecular flexibility index (Phi) is 6.01. The lowest BCUT2D eigenvalue weighted by Crippen LogP contribution is -2.35. The number of carbonyl (C=O) groups is 1. The lowest BCUT2D eigenvalue weighted by atomic mass is 10.0. The average Bonchev–Trinajstić information content (AvgIpc) is 3.26. The second-order valence-electron chi connectivity index (χ2n) is 8.76. The smallest absolute Gasteiger partial charge is 0.291 e. The van der Waals surface area contributed by atoms with E-state index in [1.807, 2.05) is 6.07 Å². The van der Waals surface area contributed by atoms with Gasteiger partial charge in [0.2, 0.25) is 15.2 Å². The Labute approximate surface area is 214 Å². The van der Waals surface area contributed by atoms with Gasteiger partial charge in [-0.05, 0) is 48.2 Å². The molecule has 1 fully saturated rings. The van der Waals surface area contributed by atoms with E-state index in [0.29, 0.717) is 51.8 Å². The van der Waals surface area contributed by atoms with Gasteiger partial charge in [-0.3, -0.25) is 4.79 Å². The normalized spacial score (nSPS) is 14.6. The Morgan fingerprint density at radius 3 is 2.49 bits per heavy atom. The molecule has 1 saturated carbocycles. The van der Waals surface area contributed by atoms with E-state index < -0.39 is 27.0 Å². The van der Waals surface area contributed by atoms with Gasteiger partial charge in [0.15, 0.2) is 5.01 Å². The van der Waals surface area contributed by atoms with Crippen molar-refractivity contribution in [3.05, 3.63) is 53.2 Å². The molecule has 0 saturated heterocycles. The maximum atomic E-state index is 13.3. The first-order chi connectivity index (χ1) is 17.5. The number of amides is 1. The fraction of sp³-hybridized carbons (Fsp3) is 0.261. The summed E-state index contributed by atoms with van der Waals surface area (Å²) in [5.74, 6) is -0.192. The molecule has 0 aliphatic heterocycles. The Balaban J connectivity index is 1.68. The zero-order valence-electron chi connectivity index (χ0n) is 19.5. The average molecular weight is 544 g/mol. The first kappa shape index (κ1) is 24.9. The van der Waals surface area contributed by atoms with Gasteiger partial charge in [0.25, 0.3) is 12.3 Å². The number of nitriles is 1. The molecular weight excluding hydrogens is 524 g/mol. The van der Waals surface area contributed by atoms with Crippen molar-refractivity contribution in [3.63, 3.8) is 0 Å². The molecule has 2 aromatic heterocycles. The Hall–Kier alpha value is -3.80. The highest BCUT2D eigenvalue weighted by Crippen LogP contribution is 2.38. The number of aromatic nitrogens is 4. The first-order valence-corrected chi connectivity index (χ1v) is 13.2. The van der Waals surface area contributed by atoms with Crippen molar-refractivity contribution in [2.75, 3.05) is 14.1 Å². The number of alkyl halides is 2. The van der Waals surface area contributed by atoms with Gasteiger partial charge in [-0.2, -0.15) is 15.1 Å². The summed E-state index contributed by atoms with van der Waals surface area (Å²) in [6.07, 6.45) is -0.529. The standard InChI is InChI=1S/C23H19F2N7O3S2/c1-31(2)21(33)14-5-3-13(4-6-14)16-9-15(37(34,35)30-23(12-26)7-8-23)10-18-17(16)11-27-32(18)22-29-28-20(36-22)19(24)25/h3-6,9-11,19,30H,7-8H2,1-2H3. The first-order valence-electron chi connectivity index (χ1n) is 10.9. The molecule has 2 heterocycles. The summed E-state index contributed by atoms with van der Waals surface area (Å²) in [6, 6.07) is 11.4. The molecular formula is C23H19F2N7O3S2. The van der Waals surface area contributed by atoms with Crippen molar-refractivity contribution in [2.45, 2.75) is 29.7 Å². The number of hydrogen-bond acceptors (Lipinski definition) is 8. The topological polar surface area (TPSA) is 134 Å². The quantitative estimate of drug-likeness (QED) is 0.377. The van der Waals surface area contributed by atoms with Crippen LogP contribution in [0.2, 0.25) is 0 Å². The highest BCUT2D eigenvalue weighted by atomic mass is 32.2. The van der Waals surface area contributed by atoms with E-state index in [4.69, 9.17) is 0 Å². The highest BCUT2D eigenvalue weighted by molar-refractivity contribution is 7.89. The number of nitrogens with one attached hydrogen (secondary N) is 1. The van der Waals surface area contributed by atoms with Crippen molar-refractivity contribution in [1.29, 1.82) is 5.26 Å². The van der Waals surface area contributed by atoms with E-state index in [0.717, 1.165) is 0 Å². The lowest BCUT2D eigenvalue weighted by molar-refractivity contribution is 0.0827. The highest BCUT2D eigenvalue weighted by Gasteiger charge is 2.47. The molecule has 10 nitrogen and oxygen atoms in total. The zero-order chi connectivity index (χ0) is 26.5. The van der Waals surface area contributed by atoms with Gasteiger partial charge in [0.05, 0.1) is 22.7 Å². The summed E-state index contributed by atoms with van der Waals surface area (Å²) in [5.41, 5.74) is 0.680. The van der Waals surface area contributed by atoms with Crippen molar-refractivity contribution < 1.29 is 22.0 Å². The van der Waals surface area contributed by atoms with Crippen LogP contribution in [-0.4, -0.2) is 58.8 Å². The summed E-state index contributed by atoms with van der Waals surface area (Å²) < 4.78 is 56.5. The summed E-state index contributed by atoms with van der Waals surface area (Å²) in [6.45, 7) is 0. The molecule has 1 aliphatic rings. The summed E-state index contributed by atoms with van der Waals surface area (Å²) >= 11 is 0.638. The molecule has 37 heavy (non-hydrogen) atoms. The van der Waals surface area contributed by atoms with Gasteiger partial charge < -0.3 is 4.90 Å². The molecule has 190 valence electrons. The zero-order valence-corrected chi connectivity index (χ0v) is 21.1. The number of carbonyl (C=O) groups excluding carboxylic acids is 1. The van der Waals surface area contributed by atoms with Gasteiger partial charge in [0, 0.05) is 25.0 Å². The Morgan fingerprint density at radius 2 is 1.92 bits per heavy atom. The molecule has 2 aromatic carbocycles. The molecule has 1 amide bonds. The van der Waals surface area contributed by atoms with Crippen molar-refractivity contribution >= 4 is 38.2 Å². The molecule has 1 aliphatic carbocycles. The third-order valence-corrected chi connectivity index (χ3v) is 8.33. The second kappa shape index (κ2) is 8.94. The third kappa shape index (κ3) is 4.57. The van der Waals surface area contributed by atoms with Crippen LogP contribution in [0.5, 0.6) is 0 Å². The Morgan fingerprint density at radius 1 is 1.22 bits per heavy atom. The van der Waals surface area contributed by atoms with Gasteiger partial charge in [-0.15, -0.1) is 10.2 Å². The van der Waals surface area contributed by atoms with E-state index in [1.165, 1.54) is 27.9 Å². The van der Waals surface area contributed by atoms with Crippen molar-refractivity contribution in [2.24, 2.45) is 0 Å². The minimum Gasteiger partial charge on any atom is -0.345 e. The molecule has 1 N–H and O–H groups in total. The molecule has 0 spiro atoms. The number of fused-ring (bicyclic) bond motifs is 1. The molecule has 0 radical (unpaired) electrons. The number of rotatable bonds is 7. The number of hydrogen-bond donors (Lipinski definition) is 1. The van der Waals surface area contributed by atoms with Crippen LogP contribution in [0, 0.1) is 11.3 Å². The van der Waals surface area contributed by atoms with Gasteiger partial charge in [-0.1, -0.05) is 23.5 Å². The van der Waals surface area contributed by atoms with Gasteiger partial charge in [-0.25, -0.2) is 21.9 Å². The van der Waals surface area contributed by atoms with Crippen molar-refractivity contribution in [3.8, 4) is 22.3 Å². The van der Waals surface area contributed by atoms with E-state index >= 15 is 0 Å². The predicted molar refractivity (Wildman–Crippen MR) is 131 cm³/mol. The fourth-order valence-electron chi connectivity index (χ4n) is 3.78. The number of halogens is 2. The molecule has 4 aromatic rings. The summed E-state index contributed by atoms with van der Waals surface area (Å²) in [5, 5.41) is 21.0. The summed E-state index contributed by atoms with van der Waals surface area (Å²) in [4.78, 5) is 13.6. The number of nitrogens with zero attached hydrogens (tertiary/aromatic N) is 6.